The molecule has 0 fully saturated rings. The number of benzene rings is 1. The Morgan fingerprint density at radius 1 is 1.43 bits per heavy atom. The van der Waals surface area contributed by atoms with E-state index in [1.165, 1.54) is 10.9 Å². The van der Waals surface area contributed by atoms with Crippen LogP contribution in [0.5, 0.6) is 0 Å². The van der Waals surface area contributed by atoms with E-state index < -0.39 is 5.97 Å². The Labute approximate surface area is 133 Å². The summed E-state index contributed by atoms with van der Waals surface area (Å²) >= 11 is 9.23. The average Bonchev–Trinajstić information content (AvgIpc) is 2.87. The molecular formula is C12H10BrClN4O3. The maximum Gasteiger partial charge on any atom is 0.358 e. The Balaban J connectivity index is 1.90. The van der Waals surface area contributed by atoms with E-state index in [9.17, 15) is 9.59 Å². The molecule has 1 aromatic carbocycles. The van der Waals surface area contributed by atoms with E-state index in [1.807, 2.05) is 0 Å². The number of aromatic carboxylic acids is 1. The van der Waals surface area contributed by atoms with Crippen LogP contribution in [0.15, 0.2) is 28.9 Å². The van der Waals surface area contributed by atoms with Crippen LogP contribution in [0.1, 0.15) is 20.8 Å². The SMILES string of the molecule is O=C(O)c1cn(CCNC(=O)c2ccc(Br)cc2Cl)nn1. The van der Waals surface area contributed by atoms with Gasteiger partial charge in [-0.1, -0.05) is 32.7 Å². The minimum absolute atomic E-state index is 0.141. The van der Waals surface area contributed by atoms with Crippen LogP contribution in [0.25, 0.3) is 0 Å². The van der Waals surface area contributed by atoms with Crippen LogP contribution < -0.4 is 5.32 Å². The smallest absolute Gasteiger partial charge is 0.358 e. The van der Waals surface area contributed by atoms with E-state index >= 15 is 0 Å². The van der Waals surface area contributed by atoms with Gasteiger partial charge in [0.15, 0.2) is 5.69 Å². The van der Waals surface area contributed by atoms with Gasteiger partial charge in [-0.05, 0) is 18.2 Å². The Morgan fingerprint density at radius 2 is 2.19 bits per heavy atom. The molecule has 0 aliphatic carbocycles. The number of carboxylic acid groups (broad SMARTS) is 1. The lowest BCUT2D eigenvalue weighted by atomic mass is 10.2. The highest BCUT2D eigenvalue weighted by molar-refractivity contribution is 9.10. The minimum Gasteiger partial charge on any atom is -0.476 e. The minimum atomic E-state index is -1.15. The molecule has 2 rings (SSSR count). The van der Waals surface area contributed by atoms with Gasteiger partial charge in [0, 0.05) is 11.0 Å². The van der Waals surface area contributed by atoms with Crippen LogP contribution in [0.2, 0.25) is 5.02 Å². The van der Waals surface area contributed by atoms with E-state index in [-0.39, 0.29) is 18.1 Å². The molecule has 2 N–H and O–H groups in total. The zero-order valence-corrected chi connectivity index (χ0v) is 12.9. The molecule has 110 valence electrons. The van der Waals surface area contributed by atoms with Gasteiger partial charge in [0.2, 0.25) is 0 Å². The molecule has 9 heteroatoms. The molecule has 0 spiro atoms. The van der Waals surface area contributed by atoms with Crippen molar-refractivity contribution in [2.75, 3.05) is 6.54 Å². The lowest BCUT2D eigenvalue weighted by molar-refractivity contribution is 0.0690. The number of rotatable bonds is 5. The van der Waals surface area contributed by atoms with Crippen molar-refractivity contribution < 1.29 is 14.7 Å². The van der Waals surface area contributed by atoms with Crippen molar-refractivity contribution in [3.63, 3.8) is 0 Å². The number of hydrogen-bond acceptors (Lipinski definition) is 4. The van der Waals surface area contributed by atoms with Crippen LogP contribution in [-0.2, 0) is 6.54 Å². The zero-order chi connectivity index (χ0) is 15.4. The normalized spacial score (nSPS) is 10.4. The first kappa shape index (κ1) is 15.5. The number of carboxylic acids is 1. The van der Waals surface area contributed by atoms with E-state index in [0.29, 0.717) is 17.1 Å². The van der Waals surface area contributed by atoms with Crippen molar-refractivity contribution in [3.05, 3.63) is 45.1 Å². The quantitative estimate of drug-likeness (QED) is 0.833. The Hall–Kier alpha value is -1.93. The van der Waals surface area contributed by atoms with Gasteiger partial charge in [-0.3, -0.25) is 4.79 Å². The fraction of sp³-hybridized carbons (Fsp3) is 0.167. The molecule has 1 heterocycles. The Kier molecular flexibility index (Phi) is 4.92. The topological polar surface area (TPSA) is 97.1 Å². The molecule has 2 aromatic rings. The lowest BCUT2D eigenvalue weighted by Crippen LogP contribution is -2.27. The van der Waals surface area contributed by atoms with Crippen LogP contribution in [0, 0.1) is 0 Å². The summed E-state index contributed by atoms with van der Waals surface area (Å²) in [6.07, 6.45) is 1.29. The number of aromatic nitrogens is 3. The Bertz CT molecular complexity index is 689. The predicted molar refractivity (Wildman–Crippen MR) is 78.5 cm³/mol. The first-order chi connectivity index (χ1) is 9.97. The highest BCUT2D eigenvalue weighted by Gasteiger charge is 2.11. The molecule has 1 amide bonds. The van der Waals surface area contributed by atoms with E-state index in [2.05, 4.69) is 31.6 Å². The zero-order valence-electron chi connectivity index (χ0n) is 10.6. The van der Waals surface area contributed by atoms with Gasteiger partial charge in [0.1, 0.15) is 0 Å². The summed E-state index contributed by atoms with van der Waals surface area (Å²) in [5, 5.41) is 18.8. The second kappa shape index (κ2) is 6.68. The molecule has 0 saturated carbocycles. The van der Waals surface area contributed by atoms with Crippen LogP contribution in [0.4, 0.5) is 0 Å². The third kappa shape index (κ3) is 4.02. The molecule has 7 nitrogen and oxygen atoms in total. The first-order valence-electron chi connectivity index (χ1n) is 5.84. The molecule has 0 saturated heterocycles. The van der Waals surface area contributed by atoms with Crippen LogP contribution in [0.3, 0.4) is 0 Å². The van der Waals surface area contributed by atoms with Crippen LogP contribution >= 0.6 is 27.5 Å². The lowest BCUT2D eigenvalue weighted by Gasteiger charge is -2.06. The summed E-state index contributed by atoms with van der Waals surface area (Å²) in [6, 6.07) is 4.96. The highest BCUT2D eigenvalue weighted by atomic mass is 79.9. The second-order valence-electron chi connectivity index (χ2n) is 4.05. The maximum absolute atomic E-state index is 11.9. The van der Waals surface area contributed by atoms with Gasteiger partial charge in [-0.2, -0.15) is 0 Å². The molecule has 0 bridgehead atoms. The van der Waals surface area contributed by atoms with Crippen LogP contribution in [-0.4, -0.2) is 38.5 Å². The number of nitrogens with zero attached hydrogens (tertiary/aromatic N) is 3. The molecular weight excluding hydrogens is 364 g/mol. The van der Waals surface area contributed by atoms with Gasteiger partial charge in [-0.25, -0.2) is 9.48 Å². The number of nitrogens with one attached hydrogen (secondary N) is 1. The van der Waals surface area contributed by atoms with Crippen molar-refractivity contribution in [1.29, 1.82) is 0 Å². The second-order valence-corrected chi connectivity index (χ2v) is 5.37. The van der Waals surface area contributed by atoms with E-state index in [0.717, 1.165) is 4.47 Å². The van der Waals surface area contributed by atoms with Gasteiger partial charge >= 0.3 is 5.97 Å². The monoisotopic (exact) mass is 372 g/mol. The summed E-state index contributed by atoms with van der Waals surface area (Å²) in [4.78, 5) is 22.6. The molecule has 0 radical (unpaired) electrons. The molecule has 1 aromatic heterocycles. The summed E-state index contributed by atoms with van der Waals surface area (Å²) < 4.78 is 2.13. The summed E-state index contributed by atoms with van der Waals surface area (Å²) in [7, 11) is 0. The first-order valence-corrected chi connectivity index (χ1v) is 7.01. The predicted octanol–water partition coefficient (Wildman–Crippen LogP) is 1.82. The Morgan fingerprint density at radius 3 is 2.81 bits per heavy atom. The van der Waals surface area contributed by atoms with Gasteiger partial charge < -0.3 is 10.4 Å². The van der Waals surface area contributed by atoms with Gasteiger partial charge in [0.05, 0.1) is 23.3 Å². The van der Waals surface area contributed by atoms with Crippen molar-refractivity contribution in [3.8, 4) is 0 Å². The van der Waals surface area contributed by atoms with Crippen molar-refractivity contribution in [2.45, 2.75) is 6.54 Å². The summed E-state index contributed by atoms with van der Waals surface area (Å²) in [6.45, 7) is 0.577. The molecule has 0 aliphatic rings. The standard InChI is InChI=1S/C12H10BrClN4O3/c13-7-1-2-8(9(14)5-7)11(19)15-3-4-18-6-10(12(20)21)16-17-18/h1-2,5-6H,3-4H2,(H,15,19)(H,20,21). The molecule has 0 aliphatic heterocycles. The molecule has 0 atom stereocenters. The number of carbonyl (C=O) groups is 2. The number of halogens is 2. The fourth-order valence-corrected chi connectivity index (χ4v) is 2.32. The number of amides is 1. The van der Waals surface area contributed by atoms with Gasteiger partial charge in [-0.15, -0.1) is 5.10 Å². The third-order valence-electron chi connectivity index (χ3n) is 2.56. The van der Waals surface area contributed by atoms with E-state index in [1.54, 1.807) is 18.2 Å². The highest BCUT2D eigenvalue weighted by Crippen LogP contribution is 2.21. The third-order valence-corrected chi connectivity index (χ3v) is 3.37. The maximum atomic E-state index is 11.9. The summed E-state index contributed by atoms with van der Waals surface area (Å²) in [5.74, 6) is -1.46. The van der Waals surface area contributed by atoms with Crippen molar-refractivity contribution >= 4 is 39.4 Å². The number of carbonyl (C=O) groups excluding carboxylic acids is 1. The van der Waals surface area contributed by atoms with E-state index in [4.69, 9.17) is 16.7 Å². The average molecular weight is 374 g/mol. The van der Waals surface area contributed by atoms with Crippen molar-refractivity contribution in [2.24, 2.45) is 0 Å². The largest absolute Gasteiger partial charge is 0.476 e. The summed E-state index contributed by atoms with van der Waals surface area (Å²) in [5.41, 5.74) is 0.224. The molecule has 0 unspecified atom stereocenters. The van der Waals surface area contributed by atoms with Gasteiger partial charge in [0.25, 0.3) is 5.91 Å². The number of hydrogen-bond donors (Lipinski definition) is 2. The molecule has 21 heavy (non-hydrogen) atoms. The van der Waals surface area contributed by atoms with Crippen molar-refractivity contribution in [1.82, 2.24) is 20.3 Å². The fourth-order valence-electron chi connectivity index (χ4n) is 1.56.